The fraction of sp³-hybridized carbons (Fsp3) is 0.417. The van der Waals surface area contributed by atoms with Gasteiger partial charge in [0.15, 0.2) is 0 Å². The summed E-state index contributed by atoms with van der Waals surface area (Å²) >= 11 is 0. The van der Waals surface area contributed by atoms with Crippen LogP contribution in [0, 0.1) is 5.92 Å². The first-order chi connectivity index (χ1) is 6.27. The molecule has 1 aromatic carbocycles. The van der Waals surface area contributed by atoms with Crippen molar-refractivity contribution in [1.29, 1.82) is 0 Å². The Morgan fingerprint density at radius 1 is 1.15 bits per heavy atom. The number of hydrogen-bond donors (Lipinski definition) is 0. The van der Waals surface area contributed by atoms with Gasteiger partial charge in [-0.05, 0) is 17.4 Å². The summed E-state index contributed by atoms with van der Waals surface area (Å²) in [6.07, 6.45) is 1.50. The Kier molecular flexibility index (Phi) is 2.17. The SMILES string of the molecule is CC1CC(=O)CC1c1ccccc1. The standard InChI is InChI=1S/C12H14O/c1-9-7-11(13)8-12(9)10-5-3-2-4-6-10/h2-6,9,12H,7-8H2,1H3. The van der Waals surface area contributed by atoms with Crippen LogP contribution in [0.1, 0.15) is 31.2 Å². The topological polar surface area (TPSA) is 17.1 Å². The van der Waals surface area contributed by atoms with Crippen LogP contribution in [-0.4, -0.2) is 5.78 Å². The molecule has 1 aliphatic rings. The highest BCUT2D eigenvalue weighted by atomic mass is 16.1. The van der Waals surface area contributed by atoms with E-state index < -0.39 is 0 Å². The largest absolute Gasteiger partial charge is 0.300 e. The zero-order valence-corrected chi connectivity index (χ0v) is 7.86. The first-order valence-corrected chi connectivity index (χ1v) is 4.84. The highest BCUT2D eigenvalue weighted by Gasteiger charge is 2.30. The number of ketones is 1. The maximum Gasteiger partial charge on any atom is 0.133 e. The molecule has 2 unspecified atom stereocenters. The quantitative estimate of drug-likeness (QED) is 0.639. The van der Waals surface area contributed by atoms with E-state index in [0.717, 1.165) is 12.8 Å². The molecule has 1 nitrogen and oxygen atoms in total. The molecule has 0 aliphatic heterocycles. The molecule has 13 heavy (non-hydrogen) atoms. The van der Waals surface area contributed by atoms with Gasteiger partial charge < -0.3 is 0 Å². The maximum absolute atomic E-state index is 11.2. The van der Waals surface area contributed by atoms with Crippen molar-refractivity contribution in [3.05, 3.63) is 35.9 Å². The van der Waals surface area contributed by atoms with Gasteiger partial charge in [-0.2, -0.15) is 0 Å². The number of carbonyl (C=O) groups excluding carboxylic acids is 1. The van der Waals surface area contributed by atoms with E-state index >= 15 is 0 Å². The van der Waals surface area contributed by atoms with Crippen molar-refractivity contribution in [1.82, 2.24) is 0 Å². The van der Waals surface area contributed by atoms with E-state index in [1.54, 1.807) is 0 Å². The number of hydrogen-bond acceptors (Lipinski definition) is 1. The van der Waals surface area contributed by atoms with Crippen LogP contribution in [0.15, 0.2) is 30.3 Å². The molecule has 0 aromatic heterocycles. The van der Waals surface area contributed by atoms with Gasteiger partial charge in [0.2, 0.25) is 0 Å². The van der Waals surface area contributed by atoms with Crippen LogP contribution in [0.3, 0.4) is 0 Å². The van der Waals surface area contributed by atoms with E-state index in [9.17, 15) is 4.79 Å². The van der Waals surface area contributed by atoms with Crippen molar-refractivity contribution >= 4 is 5.78 Å². The monoisotopic (exact) mass is 174 g/mol. The molecule has 0 spiro atoms. The fourth-order valence-corrected chi connectivity index (χ4v) is 2.18. The second kappa shape index (κ2) is 3.33. The van der Waals surface area contributed by atoms with Gasteiger partial charge in [0.1, 0.15) is 5.78 Å². The van der Waals surface area contributed by atoms with Crippen molar-refractivity contribution < 1.29 is 4.79 Å². The van der Waals surface area contributed by atoms with E-state index in [0.29, 0.717) is 17.6 Å². The Morgan fingerprint density at radius 3 is 2.38 bits per heavy atom. The van der Waals surface area contributed by atoms with Crippen LogP contribution >= 0.6 is 0 Å². The number of Topliss-reactive ketones (excluding diaryl/α,β-unsaturated/α-hetero) is 1. The molecular formula is C12H14O. The second-order valence-electron chi connectivity index (χ2n) is 3.94. The van der Waals surface area contributed by atoms with Crippen LogP contribution in [-0.2, 0) is 4.79 Å². The summed E-state index contributed by atoms with van der Waals surface area (Å²) in [6.45, 7) is 2.17. The zero-order chi connectivity index (χ0) is 9.26. The minimum atomic E-state index is 0.418. The Balaban J connectivity index is 2.23. The van der Waals surface area contributed by atoms with Gasteiger partial charge in [0, 0.05) is 12.8 Å². The summed E-state index contributed by atoms with van der Waals surface area (Å²) < 4.78 is 0. The molecule has 0 heterocycles. The van der Waals surface area contributed by atoms with Crippen LogP contribution in [0.5, 0.6) is 0 Å². The van der Waals surface area contributed by atoms with Crippen molar-refractivity contribution in [2.24, 2.45) is 5.92 Å². The number of benzene rings is 1. The van der Waals surface area contributed by atoms with Gasteiger partial charge in [-0.15, -0.1) is 0 Å². The molecule has 0 N–H and O–H groups in total. The van der Waals surface area contributed by atoms with Crippen LogP contribution < -0.4 is 0 Å². The predicted molar refractivity (Wildman–Crippen MR) is 52.6 cm³/mol. The zero-order valence-electron chi connectivity index (χ0n) is 7.86. The Labute approximate surface area is 78.8 Å². The molecule has 0 bridgehead atoms. The second-order valence-corrected chi connectivity index (χ2v) is 3.94. The Bertz CT molecular complexity index is 302. The average Bonchev–Trinajstić information content (AvgIpc) is 2.47. The van der Waals surface area contributed by atoms with Crippen LogP contribution in [0.4, 0.5) is 0 Å². The van der Waals surface area contributed by atoms with E-state index in [1.165, 1.54) is 5.56 Å². The Hall–Kier alpha value is -1.11. The smallest absolute Gasteiger partial charge is 0.133 e. The third-order valence-corrected chi connectivity index (χ3v) is 2.91. The lowest BCUT2D eigenvalue weighted by molar-refractivity contribution is -0.117. The molecular weight excluding hydrogens is 160 g/mol. The van der Waals surface area contributed by atoms with E-state index in [-0.39, 0.29) is 0 Å². The fourth-order valence-electron chi connectivity index (χ4n) is 2.18. The third kappa shape index (κ3) is 1.64. The van der Waals surface area contributed by atoms with Crippen molar-refractivity contribution in [3.8, 4) is 0 Å². The first kappa shape index (κ1) is 8.49. The molecule has 2 rings (SSSR count). The highest BCUT2D eigenvalue weighted by molar-refractivity contribution is 5.82. The summed E-state index contributed by atoms with van der Waals surface area (Å²) in [7, 11) is 0. The van der Waals surface area contributed by atoms with Gasteiger partial charge in [0.05, 0.1) is 0 Å². The minimum Gasteiger partial charge on any atom is -0.300 e. The summed E-state index contributed by atoms with van der Waals surface area (Å²) in [5, 5.41) is 0. The maximum atomic E-state index is 11.2. The van der Waals surface area contributed by atoms with Gasteiger partial charge in [0.25, 0.3) is 0 Å². The molecule has 1 fully saturated rings. The lowest BCUT2D eigenvalue weighted by Gasteiger charge is -2.13. The number of carbonyl (C=O) groups is 1. The molecule has 0 radical (unpaired) electrons. The van der Waals surface area contributed by atoms with E-state index in [1.807, 2.05) is 18.2 Å². The van der Waals surface area contributed by atoms with Crippen molar-refractivity contribution in [3.63, 3.8) is 0 Å². The summed E-state index contributed by atoms with van der Waals surface area (Å²) in [6, 6.07) is 10.4. The van der Waals surface area contributed by atoms with E-state index in [4.69, 9.17) is 0 Å². The average molecular weight is 174 g/mol. The lowest BCUT2D eigenvalue weighted by atomic mass is 9.90. The lowest BCUT2D eigenvalue weighted by Crippen LogP contribution is -2.01. The first-order valence-electron chi connectivity index (χ1n) is 4.84. The molecule has 2 atom stereocenters. The van der Waals surface area contributed by atoms with Gasteiger partial charge >= 0.3 is 0 Å². The number of rotatable bonds is 1. The molecule has 1 aromatic rings. The molecule has 68 valence electrons. The Morgan fingerprint density at radius 2 is 1.85 bits per heavy atom. The molecule has 1 aliphatic carbocycles. The normalized spacial score (nSPS) is 27.9. The summed E-state index contributed by atoms with van der Waals surface area (Å²) in [4.78, 5) is 11.2. The molecule has 0 saturated heterocycles. The summed E-state index contributed by atoms with van der Waals surface area (Å²) in [5.74, 6) is 1.41. The van der Waals surface area contributed by atoms with Gasteiger partial charge in [-0.3, -0.25) is 4.79 Å². The molecule has 1 heteroatoms. The van der Waals surface area contributed by atoms with Crippen molar-refractivity contribution in [2.45, 2.75) is 25.7 Å². The van der Waals surface area contributed by atoms with Gasteiger partial charge in [-0.1, -0.05) is 37.3 Å². The van der Waals surface area contributed by atoms with Crippen LogP contribution in [0.25, 0.3) is 0 Å². The molecule has 1 saturated carbocycles. The van der Waals surface area contributed by atoms with Crippen LogP contribution in [0.2, 0.25) is 0 Å². The van der Waals surface area contributed by atoms with Gasteiger partial charge in [-0.25, -0.2) is 0 Å². The van der Waals surface area contributed by atoms with E-state index in [2.05, 4.69) is 19.1 Å². The summed E-state index contributed by atoms with van der Waals surface area (Å²) in [5.41, 5.74) is 1.32. The third-order valence-electron chi connectivity index (χ3n) is 2.91. The predicted octanol–water partition coefficient (Wildman–Crippen LogP) is 2.77. The minimum absolute atomic E-state index is 0.418. The van der Waals surface area contributed by atoms with Crippen molar-refractivity contribution in [2.75, 3.05) is 0 Å². The molecule has 0 amide bonds. The highest BCUT2D eigenvalue weighted by Crippen LogP contribution is 2.36.